The van der Waals surface area contributed by atoms with Crippen molar-refractivity contribution in [1.82, 2.24) is 4.90 Å². The maximum Gasteiger partial charge on any atom is 0.293 e. The third kappa shape index (κ3) is 5.14. The summed E-state index contributed by atoms with van der Waals surface area (Å²) in [5, 5.41) is -0.214. The number of rotatable bonds is 8. The Morgan fingerprint density at radius 3 is 2.64 bits per heavy atom. The van der Waals surface area contributed by atoms with Gasteiger partial charge in [0, 0.05) is 6.54 Å². The van der Waals surface area contributed by atoms with Gasteiger partial charge in [0.2, 0.25) is 0 Å². The van der Waals surface area contributed by atoms with E-state index in [2.05, 4.69) is 22.5 Å². The molecule has 0 radical (unpaired) electrons. The normalized spacial score (nSPS) is 15.3. The molecular formula is C22H20BrNO3S. The highest BCUT2D eigenvalue weighted by molar-refractivity contribution is 9.10. The molecular weight excluding hydrogens is 438 g/mol. The Morgan fingerprint density at radius 2 is 1.93 bits per heavy atom. The van der Waals surface area contributed by atoms with Crippen LogP contribution in [0.25, 0.3) is 6.08 Å². The zero-order valence-electron chi connectivity index (χ0n) is 15.3. The van der Waals surface area contributed by atoms with Crippen molar-refractivity contribution in [2.45, 2.75) is 12.8 Å². The van der Waals surface area contributed by atoms with E-state index in [4.69, 9.17) is 4.74 Å². The Bertz CT molecular complexity index is 911. The van der Waals surface area contributed by atoms with Gasteiger partial charge in [-0.15, -0.1) is 0 Å². The SMILES string of the molecule is C=CCOc1ccc(/C=C2/SC(=O)N(CCCc3ccccc3)C2=O)cc1Br. The first kappa shape index (κ1) is 20.4. The maximum atomic E-state index is 12.6. The second-order valence-corrected chi connectivity index (χ2v) is 8.06. The Morgan fingerprint density at radius 1 is 1.14 bits per heavy atom. The molecule has 6 heteroatoms. The molecule has 1 aliphatic heterocycles. The van der Waals surface area contributed by atoms with Gasteiger partial charge in [-0.1, -0.05) is 49.1 Å². The number of hydrogen-bond donors (Lipinski definition) is 0. The van der Waals surface area contributed by atoms with Crippen LogP contribution in [0, 0.1) is 0 Å². The monoisotopic (exact) mass is 457 g/mol. The summed E-state index contributed by atoms with van der Waals surface area (Å²) in [6, 6.07) is 15.6. The first-order chi connectivity index (χ1) is 13.6. The van der Waals surface area contributed by atoms with Crippen molar-refractivity contribution >= 4 is 44.9 Å². The van der Waals surface area contributed by atoms with Gasteiger partial charge in [0.1, 0.15) is 12.4 Å². The summed E-state index contributed by atoms with van der Waals surface area (Å²) in [5.41, 5.74) is 2.03. The molecule has 2 aromatic rings. The number of halogens is 1. The van der Waals surface area contributed by atoms with Crippen molar-refractivity contribution in [3.63, 3.8) is 0 Å². The summed E-state index contributed by atoms with van der Waals surface area (Å²) in [6.07, 6.45) is 5.00. The number of ether oxygens (including phenoxy) is 1. The van der Waals surface area contributed by atoms with Crippen molar-refractivity contribution in [3.8, 4) is 5.75 Å². The topological polar surface area (TPSA) is 46.6 Å². The Kier molecular flexibility index (Phi) is 7.12. The lowest BCUT2D eigenvalue weighted by atomic mass is 10.1. The van der Waals surface area contributed by atoms with Crippen molar-refractivity contribution < 1.29 is 14.3 Å². The molecule has 0 aliphatic carbocycles. The molecule has 0 N–H and O–H groups in total. The van der Waals surface area contributed by atoms with Crippen LogP contribution in [-0.4, -0.2) is 29.2 Å². The highest BCUT2D eigenvalue weighted by Gasteiger charge is 2.34. The minimum atomic E-state index is -0.230. The van der Waals surface area contributed by atoms with Crippen LogP contribution in [-0.2, 0) is 11.2 Å². The summed E-state index contributed by atoms with van der Waals surface area (Å²) in [7, 11) is 0. The van der Waals surface area contributed by atoms with E-state index in [9.17, 15) is 9.59 Å². The van der Waals surface area contributed by atoms with Crippen molar-refractivity contribution in [2.75, 3.05) is 13.2 Å². The number of carbonyl (C=O) groups is 2. The zero-order chi connectivity index (χ0) is 19.9. The van der Waals surface area contributed by atoms with Crippen LogP contribution < -0.4 is 4.74 Å². The van der Waals surface area contributed by atoms with Crippen LogP contribution in [0.1, 0.15) is 17.5 Å². The largest absolute Gasteiger partial charge is 0.488 e. The van der Waals surface area contributed by atoms with Crippen molar-refractivity contribution in [3.05, 3.63) is 81.7 Å². The molecule has 0 saturated carbocycles. The fourth-order valence-electron chi connectivity index (χ4n) is 2.80. The van der Waals surface area contributed by atoms with Crippen LogP contribution in [0.15, 0.2) is 70.6 Å². The Labute approximate surface area is 177 Å². The van der Waals surface area contributed by atoms with E-state index in [1.807, 2.05) is 48.5 Å². The molecule has 28 heavy (non-hydrogen) atoms. The van der Waals surface area contributed by atoms with E-state index in [0.717, 1.165) is 34.6 Å². The van der Waals surface area contributed by atoms with Crippen molar-refractivity contribution in [1.29, 1.82) is 0 Å². The molecule has 2 aromatic carbocycles. The number of amides is 2. The lowest BCUT2D eigenvalue weighted by molar-refractivity contribution is -0.122. The number of imide groups is 1. The Balaban J connectivity index is 1.63. The fraction of sp³-hybridized carbons (Fsp3) is 0.182. The van der Waals surface area contributed by atoms with Gasteiger partial charge in [-0.25, -0.2) is 0 Å². The molecule has 0 bridgehead atoms. The molecule has 4 nitrogen and oxygen atoms in total. The number of hydrogen-bond acceptors (Lipinski definition) is 4. The van der Waals surface area contributed by atoms with Crippen molar-refractivity contribution in [2.24, 2.45) is 0 Å². The highest BCUT2D eigenvalue weighted by atomic mass is 79.9. The molecule has 0 aromatic heterocycles. The van der Waals surface area contributed by atoms with Gasteiger partial charge >= 0.3 is 0 Å². The van der Waals surface area contributed by atoms with Crippen LogP contribution >= 0.6 is 27.7 Å². The third-order valence-electron chi connectivity index (χ3n) is 4.17. The first-order valence-electron chi connectivity index (χ1n) is 8.91. The van der Waals surface area contributed by atoms with E-state index in [1.54, 1.807) is 12.2 Å². The lowest BCUT2D eigenvalue weighted by Crippen LogP contribution is -2.29. The fourth-order valence-corrected chi connectivity index (χ4v) is 4.18. The van der Waals surface area contributed by atoms with Gasteiger partial charge in [-0.2, -0.15) is 0 Å². The molecule has 2 amide bonds. The van der Waals surface area contributed by atoms with Crippen LogP contribution in [0.5, 0.6) is 5.75 Å². The standard InChI is InChI=1S/C22H20BrNO3S/c1-2-13-27-19-11-10-17(14-18(19)23)15-20-21(25)24(22(26)28-20)12-6-9-16-7-4-3-5-8-16/h2-5,7-8,10-11,14-15H,1,6,9,12-13H2/b20-15+. The van der Waals surface area contributed by atoms with Gasteiger partial charge in [0.05, 0.1) is 9.38 Å². The van der Waals surface area contributed by atoms with Crippen LogP contribution in [0.3, 0.4) is 0 Å². The summed E-state index contributed by atoms with van der Waals surface area (Å²) in [4.78, 5) is 26.7. The van der Waals surface area contributed by atoms with E-state index in [0.29, 0.717) is 23.8 Å². The van der Waals surface area contributed by atoms with Gasteiger partial charge in [-0.05, 0) is 69.9 Å². The minimum Gasteiger partial charge on any atom is -0.488 e. The smallest absolute Gasteiger partial charge is 0.293 e. The number of nitrogens with zero attached hydrogens (tertiary/aromatic N) is 1. The van der Waals surface area contributed by atoms with E-state index in [1.165, 1.54) is 10.5 Å². The van der Waals surface area contributed by atoms with Gasteiger partial charge in [0.15, 0.2) is 0 Å². The third-order valence-corrected chi connectivity index (χ3v) is 5.70. The number of carbonyl (C=O) groups excluding carboxylic acids is 2. The van der Waals surface area contributed by atoms with Gasteiger partial charge < -0.3 is 4.74 Å². The molecule has 1 fully saturated rings. The quantitative estimate of drug-likeness (QED) is 0.377. The average Bonchev–Trinajstić information content (AvgIpc) is 2.95. The molecule has 0 atom stereocenters. The summed E-state index contributed by atoms with van der Waals surface area (Å²) < 4.78 is 6.31. The summed E-state index contributed by atoms with van der Waals surface area (Å²) in [6.45, 7) is 4.47. The van der Waals surface area contributed by atoms with E-state index < -0.39 is 0 Å². The van der Waals surface area contributed by atoms with Crippen LogP contribution in [0.4, 0.5) is 4.79 Å². The van der Waals surface area contributed by atoms with E-state index >= 15 is 0 Å². The highest BCUT2D eigenvalue weighted by Crippen LogP contribution is 2.34. The molecule has 0 unspecified atom stereocenters. The summed E-state index contributed by atoms with van der Waals surface area (Å²) >= 11 is 4.45. The minimum absolute atomic E-state index is 0.214. The second kappa shape index (κ2) is 9.75. The molecule has 1 saturated heterocycles. The first-order valence-corrected chi connectivity index (χ1v) is 10.5. The average molecular weight is 458 g/mol. The number of thioether (sulfide) groups is 1. The lowest BCUT2D eigenvalue weighted by Gasteiger charge is -2.12. The molecule has 144 valence electrons. The second-order valence-electron chi connectivity index (χ2n) is 6.21. The van der Waals surface area contributed by atoms with Crippen LogP contribution in [0.2, 0.25) is 0 Å². The van der Waals surface area contributed by atoms with E-state index in [-0.39, 0.29) is 11.1 Å². The predicted molar refractivity (Wildman–Crippen MR) is 117 cm³/mol. The Hall–Kier alpha value is -2.31. The summed E-state index contributed by atoms with van der Waals surface area (Å²) in [5.74, 6) is 0.470. The predicted octanol–water partition coefficient (Wildman–Crippen LogP) is 5.68. The number of aryl methyl sites for hydroxylation is 1. The number of benzene rings is 2. The molecule has 1 heterocycles. The maximum absolute atomic E-state index is 12.6. The molecule has 0 spiro atoms. The van der Waals surface area contributed by atoms with Gasteiger partial charge in [-0.3, -0.25) is 14.5 Å². The molecule has 3 rings (SSSR count). The zero-order valence-corrected chi connectivity index (χ0v) is 17.7. The van der Waals surface area contributed by atoms with Gasteiger partial charge in [0.25, 0.3) is 11.1 Å². The molecule has 1 aliphatic rings.